The number of fused-ring (bicyclic) bond motifs is 1. The molecule has 0 aromatic heterocycles. The third kappa shape index (κ3) is 6.15. The van der Waals surface area contributed by atoms with Gasteiger partial charge in [0.25, 0.3) is 5.09 Å². The van der Waals surface area contributed by atoms with Crippen molar-refractivity contribution in [2.24, 2.45) is 0 Å². The molecular formula is C18H17ClF3NO9. The lowest BCUT2D eigenvalue weighted by Gasteiger charge is -2.29. The zero-order chi connectivity index (χ0) is 24.2. The lowest BCUT2D eigenvalue weighted by atomic mass is 9.96. The van der Waals surface area contributed by atoms with E-state index in [1.54, 1.807) is 13.8 Å². The maximum absolute atomic E-state index is 13.5. The first kappa shape index (κ1) is 25.0. The van der Waals surface area contributed by atoms with Gasteiger partial charge in [-0.15, -0.1) is 10.1 Å². The minimum absolute atomic E-state index is 0.104. The van der Waals surface area contributed by atoms with E-state index in [-0.39, 0.29) is 11.3 Å². The molecule has 2 atom stereocenters. The Morgan fingerprint density at radius 2 is 1.94 bits per heavy atom. The van der Waals surface area contributed by atoms with Crippen LogP contribution in [0.2, 0.25) is 5.02 Å². The van der Waals surface area contributed by atoms with Gasteiger partial charge in [-0.05, 0) is 37.1 Å². The SMILES string of the molecule is Cc1cc2c(c(C)c1Cl)C=C(C(=O)OC(C)OC(=O)OCCO[N+](=O)[O-])C(C(F)(F)F)O2. The topological polar surface area (TPSA) is 123 Å². The van der Waals surface area contributed by atoms with Gasteiger partial charge < -0.3 is 23.8 Å². The molecule has 32 heavy (non-hydrogen) atoms. The molecule has 0 radical (unpaired) electrons. The number of alkyl halides is 3. The van der Waals surface area contributed by atoms with Crippen molar-refractivity contribution in [2.75, 3.05) is 13.2 Å². The predicted molar refractivity (Wildman–Crippen MR) is 100 cm³/mol. The second-order valence-electron chi connectivity index (χ2n) is 6.43. The Morgan fingerprint density at radius 1 is 1.28 bits per heavy atom. The predicted octanol–water partition coefficient (Wildman–Crippen LogP) is 3.91. The number of ether oxygens (including phenoxy) is 4. The molecule has 0 amide bonds. The molecule has 1 aliphatic rings. The largest absolute Gasteiger partial charge is 0.511 e. The number of hydrogen-bond donors (Lipinski definition) is 0. The van der Waals surface area contributed by atoms with E-state index in [9.17, 15) is 32.9 Å². The third-order valence-corrected chi connectivity index (χ3v) is 4.67. The van der Waals surface area contributed by atoms with Gasteiger partial charge in [-0.1, -0.05) is 11.6 Å². The first-order valence-electron chi connectivity index (χ1n) is 8.87. The first-order chi connectivity index (χ1) is 14.8. The van der Waals surface area contributed by atoms with E-state index in [1.165, 1.54) is 6.07 Å². The smallest absolute Gasteiger partial charge is 0.475 e. The van der Waals surface area contributed by atoms with Crippen LogP contribution in [0.5, 0.6) is 5.75 Å². The van der Waals surface area contributed by atoms with E-state index >= 15 is 0 Å². The number of rotatable bonds is 7. The highest BCUT2D eigenvalue weighted by Crippen LogP contribution is 2.41. The van der Waals surface area contributed by atoms with Crippen molar-refractivity contribution in [1.29, 1.82) is 0 Å². The molecular weight excluding hydrogens is 467 g/mol. The molecule has 10 nitrogen and oxygen atoms in total. The average Bonchev–Trinajstić information content (AvgIpc) is 2.67. The summed E-state index contributed by atoms with van der Waals surface area (Å²) in [5.74, 6) is -1.56. The standard InChI is InChI=1S/C18H17ClF3NO9/c1-8-6-13-11(9(2)14(8)19)7-12(15(32-13)18(20,21)22)16(24)30-10(3)31-17(25)28-4-5-29-23(26)27/h6-7,10,15H,4-5H2,1-3H3. The molecule has 2 rings (SSSR count). The highest BCUT2D eigenvalue weighted by molar-refractivity contribution is 6.32. The van der Waals surface area contributed by atoms with Crippen LogP contribution in [0, 0.1) is 24.0 Å². The fraction of sp³-hybridized carbons (Fsp3) is 0.444. The van der Waals surface area contributed by atoms with Crippen molar-refractivity contribution >= 4 is 29.8 Å². The van der Waals surface area contributed by atoms with Crippen LogP contribution in [0.15, 0.2) is 11.6 Å². The summed E-state index contributed by atoms with van der Waals surface area (Å²) in [5.41, 5.74) is 0.188. The summed E-state index contributed by atoms with van der Waals surface area (Å²) in [6.45, 7) is 3.07. The van der Waals surface area contributed by atoms with Crippen molar-refractivity contribution in [3.05, 3.63) is 43.5 Å². The minimum Gasteiger partial charge on any atom is -0.475 e. The number of carbonyl (C=O) groups is 2. The number of halogens is 4. The molecule has 0 bridgehead atoms. The molecule has 0 aliphatic carbocycles. The van der Waals surface area contributed by atoms with Crippen LogP contribution in [0.4, 0.5) is 18.0 Å². The number of esters is 1. The molecule has 0 saturated carbocycles. The van der Waals surface area contributed by atoms with E-state index in [0.29, 0.717) is 16.1 Å². The molecule has 0 spiro atoms. The zero-order valence-electron chi connectivity index (χ0n) is 16.9. The fourth-order valence-corrected chi connectivity index (χ4v) is 2.85. The molecule has 176 valence electrons. The number of benzene rings is 1. The van der Waals surface area contributed by atoms with Crippen molar-refractivity contribution < 1.29 is 51.6 Å². The maximum Gasteiger partial charge on any atom is 0.511 e. The molecule has 14 heteroatoms. The van der Waals surface area contributed by atoms with E-state index in [1.807, 2.05) is 0 Å². The van der Waals surface area contributed by atoms with Gasteiger partial charge in [0.15, 0.2) is 0 Å². The summed E-state index contributed by atoms with van der Waals surface area (Å²) in [6.07, 6.45) is -9.66. The second kappa shape index (κ2) is 9.94. The first-order valence-corrected chi connectivity index (χ1v) is 9.25. The van der Waals surface area contributed by atoms with Crippen molar-refractivity contribution in [2.45, 2.75) is 39.3 Å². The van der Waals surface area contributed by atoms with Gasteiger partial charge in [-0.3, -0.25) is 0 Å². The van der Waals surface area contributed by atoms with E-state index < -0.39 is 54.6 Å². The number of nitrogens with zero attached hydrogens (tertiary/aromatic N) is 1. The van der Waals surface area contributed by atoms with Gasteiger partial charge in [0.1, 0.15) is 19.0 Å². The van der Waals surface area contributed by atoms with Gasteiger partial charge in [-0.2, -0.15) is 13.2 Å². The van der Waals surface area contributed by atoms with Gasteiger partial charge in [-0.25, -0.2) is 9.59 Å². The van der Waals surface area contributed by atoms with Crippen LogP contribution in [-0.2, 0) is 23.8 Å². The normalized spacial score (nSPS) is 16.1. The van der Waals surface area contributed by atoms with Gasteiger partial charge >= 0.3 is 18.3 Å². The highest BCUT2D eigenvalue weighted by Gasteiger charge is 2.49. The Labute approximate surface area is 183 Å². The van der Waals surface area contributed by atoms with E-state index in [2.05, 4.69) is 14.3 Å². The molecule has 1 aromatic carbocycles. The van der Waals surface area contributed by atoms with Crippen LogP contribution in [0.1, 0.15) is 23.6 Å². The molecule has 1 aliphatic heterocycles. The average molecular weight is 484 g/mol. The molecule has 0 fully saturated rings. The van der Waals surface area contributed by atoms with Crippen molar-refractivity contribution in [1.82, 2.24) is 0 Å². The van der Waals surface area contributed by atoms with Gasteiger partial charge in [0.05, 0.1) is 5.57 Å². The Morgan fingerprint density at radius 3 is 2.53 bits per heavy atom. The monoisotopic (exact) mass is 483 g/mol. The lowest BCUT2D eigenvalue weighted by molar-refractivity contribution is -0.757. The third-order valence-electron chi connectivity index (χ3n) is 4.09. The quantitative estimate of drug-likeness (QED) is 0.186. The van der Waals surface area contributed by atoms with Crippen molar-refractivity contribution in [3.8, 4) is 5.75 Å². The Hall–Kier alpha value is -3.22. The van der Waals surface area contributed by atoms with Crippen molar-refractivity contribution in [3.63, 3.8) is 0 Å². The summed E-state index contributed by atoms with van der Waals surface area (Å²) in [6, 6.07) is 1.33. The zero-order valence-corrected chi connectivity index (χ0v) is 17.6. The minimum atomic E-state index is -4.95. The van der Waals surface area contributed by atoms with Gasteiger partial charge in [0, 0.05) is 17.5 Å². The summed E-state index contributed by atoms with van der Waals surface area (Å²) < 4.78 is 59.4. The van der Waals surface area contributed by atoms with Crippen LogP contribution >= 0.6 is 11.6 Å². The number of aryl methyl sites for hydroxylation is 1. The summed E-state index contributed by atoms with van der Waals surface area (Å²) in [5, 5.41) is 9.16. The second-order valence-corrected chi connectivity index (χ2v) is 6.81. The van der Waals surface area contributed by atoms with E-state index in [4.69, 9.17) is 21.1 Å². The van der Waals surface area contributed by atoms with Crippen LogP contribution in [0.3, 0.4) is 0 Å². The molecule has 1 aromatic rings. The fourth-order valence-electron chi connectivity index (χ4n) is 2.69. The molecule has 2 unspecified atom stereocenters. The number of carbonyl (C=O) groups excluding carboxylic acids is 2. The maximum atomic E-state index is 13.5. The molecule has 0 saturated heterocycles. The van der Waals surface area contributed by atoms with Crippen LogP contribution in [-0.4, -0.2) is 49.0 Å². The highest BCUT2D eigenvalue weighted by atomic mass is 35.5. The number of hydrogen-bond acceptors (Lipinski definition) is 9. The van der Waals surface area contributed by atoms with Crippen LogP contribution < -0.4 is 4.74 Å². The van der Waals surface area contributed by atoms with Crippen LogP contribution in [0.25, 0.3) is 6.08 Å². The Bertz CT molecular complexity index is 949. The summed E-state index contributed by atoms with van der Waals surface area (Å²) >= 11 is 6.14. The summed E-state index contributed by atoms with van der Waals surface area (Å²) in [7, 11) is 0. The Balaban J connectivity index is 2.14. The van der Waals surface area contributed by atoms with E-state index in [0.717, 1.165) is 13.0 Å². The Kier molecular flexibility index (Phi) is 7.78. The molecule has 1 heterocycles. The molecule has 0 N–H and O–H groups in total. The summed E-state index contributed by atoms with van der Waals surface area (Å²) in [4.78, 5) is 37.8. The van der Waals surface area contributed by atoms with Gasteiger partial charge in [0.2, 0.25) is 12.4 Å². The lowest BCUT2D eigenvalue weighted by Crippen LogP contribution is -2.41.